The van der Waals surface area contributed by atoms with Crippen LogP contribution in [-0.4, -0.2) is 22.3 Å². The van der Waals surface area contributed by atoms with E-state index in [4.69, 9.17) is 4.74 Å². The van der Waals surface area contributed by atoms with Crippen LogP contribution in [0, 0.1) is 10.8 Å². The number of alkyl halides is 3. The Morgan fingerprint density at radius 3 is 2.62 bits per heavy atom. The minimum absolute atomic E-state index is 0.0417. The summed E-state index contributed by atoms with van der Waals surface area (Å²) in [5.74, 6) is -0.340. The molecule has 0 bridgehead atoms. The lowest BCUT2D eigenvalue weighted by Gasteiger charge is -2.16. The highest BCUT2D eigenvalue weighted by molar-refractivity contribution is 5.98. The van der Waals surface area contributed by atoms with Crippen molar-refractivity contribution in [1.82, 2.24) is 9.78 Å². The summed E-state index contributed by atoms with van der Waals surface area (Å²) in [5.41, 5.74) is 0.276. The zero-order chi connectivity index (χ0) is 21.2. The van der Waals surface area contributed by atoms with Gasteiger partial charge in [-0.2, -0.15) is 18.3 Å². The summed E-state index contributed by atoms with van der Waals surface area (Å²) in [6, 6.07) is 7.82. The van der Waals surface area contributed by atoms with Gasteiger partial charge in [0, 0.05) is 21.7 Å². The van der Waals surface area contributed by atoms with E-state index in [-0.39, 0.29) is 18.0 Å². The Morgan fingerprint density at radius 2 is 1.97 bits per heavy atom. The molecule has 0 atom stereocenters. The lowest BCUT2D eigenvalue weighted by atomic mass is 10.1. The fraction of sp³-hybridized carbons (Fsp3) is 0.300. The molecular weight excluding hydrogens is 387 g/mol. The van der Waals surface area contributed by atoms with Crippen molar-refractivity contribution >= 4 is 16.8 Å². The molecule has 1 amide bonds. The molecule has 3 aromatic rings. The highest BCUT2D eigenvalue weighted by atomic mass is 19.4. The van der Waals surface area contributed by atoms with E-state index < -0.39 is 17.6 Å². The van der Waals surface area contributed by atoms with E-state index in [1.54, 1.807) is 6.07 Å². The Morgan fingerprint density at radius 1 is 1.21 bits per heavy atom. The Balaban J connectivity index is 1.99. The zero-order valence-corrected chi connectivity index (χ0v) is 15.7. The normalized spacial score (nSPS) is 11.8. The van der Waals surface area contributed by atoms with Crippen LogP contribution in [0.1, 0.15) is 35.3 Å². The number of hydrogen-bond donors (Lipinski definition) is 0. The van der Waals surface area contributed by atoms with Crippen LogP contribution in [0.4, 0.5) is 13.2 Å². The van der Waals surface area contributed by atoms with Gasteiger partial charge in [0.15, 0.2) is 0 Å². The van der Waals surface area contributed by atoms with Crippen molar-refractivity contribution in [2.24, 2.45) is 11.1 Å². The van der Waals surface area contributed by atoms with Gasteiger partial charge in [-0.25, -0.2) is 0 Å². The summed E-state index contributed by atoms with van der Waals surface area (Å²) in [7, 11) is 0. The van der Waals surface area contributed by atoms with Crippen molar-refractivity contribution in [3.8, 4) is 5.75 Å². The van der Waals surface area contributed by atoms with Gasteiger partial charge in [-0.3, -0.25) is 9.48 Å². The predicted molar refractivity (Wildman–Crippen MR) is 101 cm³/mol. The second-order valence-electron chi connectivity index (χ2n) is 7.00. The molecule has 6 nitrogen and oxygen atoms in total. The SMILES string of the molecule is CC(C)COc1ccc(C(F)(F)F)cc1Cn1ncc2cc(C(=O)N=O)ccc21. The third-order valence-electron chi connectivity index (χ3n) is 4.25. The van der Waals surface area contributed by atoms with Crippen LogP contribution in [0.3, 0.4) is 0 Å². The van der Waals surface area contributed by atoms with Crippen molar-refractivity contribution in [2.45, 2.75) is 26.6 Å². The molecule has 152 valence electrons. The molecule has 0 spiro atoms. The number of hydrogen-bond acceptors (Lipinski definition) is 4. The number of benzene rings is 2. The molecule has 0 unspecified atom stereocenters. The molecule has 0 aliphatic heterocycles. The molecule has 0 fully saturated rings. The number of carbonyl (C=O) groups is 1. The highest BCUT2D eigenvalue weighted by Gasteiger charge is 2.31. The fourth-order valence-electron chi connectivity index (χ4n) is 2.84. The molecule has 1 aromatic heterocycles. The number of halogens is 3. The van der Waals surface area contributed by atoms with Crippen LogP contribution in [0.5, 0.6) is 5.75 Å². The number of rotatable bonds is 6. The summed E-state index contributed by atoms with van der Waals surface area (Å²) in [6.07, 6.45) is -3.01. The second-order valence-corrected chi connectivity index (χ2v) is 7.00. The summed E-state index contributed by atoms with van der Waals surface area (Å²) in [4.78, 5) is 21.8. The standard InChI is InChI=1S/C20H18F3N3O3/c1-12(2)11-29-18-6-4-16(20(21,22)23)8-15(18)10-26-17-5-3-13(19(27)25-28)7-14(17)9-24-26/h3-9,12H,10-11H2,1-2H3. The zero-order valence-electron chi connectivity index (χ0n) is 15.7. The molecule has 0 aliphatic rings. The van der Waals surface area contributed by atoms with Gasteiger partial charge in [-0.15, -0.1) is 4.91 Å². The molecule has 3 rings (SSSR count). The smallest absolute Gasteiger partial charge is 0.416 e. The largest absolute Gasteiger partial charge is 0.493 e. The van der Waals surface area contributed by atoms with E-state index in [2.05, 4.69) is 10.3 Å². The van der Waals surface area contributed by atoms with Gasteiger partial charge in [0.05, 0.1) is 30.4 Å². The summed E-state index contributed by atoms with van der Waals surface area (Å²) in [6.45, 7) is 4.29. The summed E-state index contributed by atoms with van der Waals surface area (Å²) in [5, 5.41) is 7.15. The minimum Gasteiger partial charge on any atom is -0.493 e. The van der Waals surface area contributed by atoms with Crippen molar-refractivity contribution < 1.29 is 22.7 Å². The predicted octanol–water partition coefficient (Wildman–Crippen LogP) is 5.04. The molecule has 1 heterocycles. The number of nitroso groups, excluding NO2 is 1. The topological polar surface area (TPSA) is 73.6 Å². The van der Waals surface area contributed by atoms with Crippen LogP contribution in [0.15, 0.2) is 47.8 Å². The summed E-state index contributed by atoms with van der Waals surface area (Å²) < 4.78 is 46.7. The first-order valence-corrected chi connectivity index (χ1v) is 8.85. The Bertz CT molecular complexity index is 1060. The van der Waals surface area contributed by atoms with Crippen molar-refractivity contribution in [3.63, 3.8) is 0 Å². The van der Waals surface area contributed by atoms with Gasteiger partial charge in [0.25, 0.3) is 0 Å². The Kier molecular flexibility index (Phi) is 5.67. The average molecular weight is 405 g/mol. The third kappa shape index (κ3) is 4.61. The number of carbonyl (C=O) groups excluding carboxylic acids is 1. The molecule has 9 heteroatoms. The maximum Gasteiger partial charge on any atom is 0.416 e. The van der Waals surface area contributed by atoms with E-state index in [1.165, 1.54) is 29.1 Å². The van der Waals surface area contributed by atoms with E-state index in [1.807, 2.05) is 13.8 Å². The van der Waals surface area contributed by atoms with Gasteiger partial charge < -0.3 is 4.74 Å². The first-order chi connectivity index (χ1) is 13.7. The van der Waals surface area contributed by atoms with Gasteiger partial charge in [-0.1, -0.05) is 13.8 Å². The number of aromatic nitrogens is 2. The Hall–Kier alpha value is -3.23. The van der Waals surface area contributed by atoms with Gasteiger partial charge in [0.1, 0.15) is 5.75 Å². The summed E-state index contributed by atoms with van der Waals surface area (Å²) >= 11 is 0. The second kappa shape index (κ2) is 8.02. The van der Waals surface area contributed by atoms with Crippen LogP contribution in [0.2, 0.25) is 0 Å². The van der Waals surface area contributed by atoms with Crippen LogP contribution < -0.4 is 4.74 Å². The van der Waals surface area contributed by atoms with E-state index >= 15 is 0 Å². The van der Waals surface area contributed by atoms with E-state index in [9.17, 15) is 22.9 Å². The molecule has 0 radical (unpaired) electrons. The first kappa shape index (κ1) is 20.5. The van der Waals surface area contributed by atoms with Crippen molar-refractivity contribution in [1.29, 1.82) is 0 Å². The maximum atomic E-state index is 13.2. The number of ether oxygens (including phenoxy) is 1. The number of amides is 1. The van der Waals surface area contributed by atoms with Crippen molar-refractivity contribution in [2.75, 3.05) is 6.61 Å². The Labute approximate surface area is 164 Å². The third-order valence-corrected chi connectivity index (χ3v) is 4.25. The van der Waals surface area contributed by atoms with E-state index in [0.29, 0.717) is 28.8 Å². The number of nitrogens with zero attached hydrogens (tertiary/aromatic N) is 3. The fourth-order valence-corrected chi connectivity index (χ4v) is 2.84. The van der Waals surface area contributed by atoms with E-state index in [0.717, 1.165) is 12.1 Å². The van der Waals surface area contributed by atoms with Gasteiger partial charge in [0.2, 0.25) is 0 Å². The monoisotopic (exact) mass is 405 g/mol. The lowest BCUT2D eigenvalue weighted by Crippen LogP contribution is -2.11. The lowest BCUT2D eigenvalue weighted by molar-refractivity contribution is -0.137. The highest BCUT2D eigenvalue weighted by Crippen LogP contribution is 2.33. The van der Waals surface area contributed by atoms with Crippen LogP contribution in [-0.2, 0) is 12.7 Å². The molecule has 0 aliphatic carbocycles. The number of fused-ring (bicyclic) bond motifs is 1. The van der Waals surface area contributed by atoms with Crippen LogP contribution >= 0.6 is 0 Å². The molecule has 0 saturated carbocycles. The molecule has 29 heavy (non-hydrogen) atoms. The average Bonchev–Trinajstić information content (AvgIpc) is 3.07. The molecular formula is C20H18F3N3O3. The minimum atomic E-state index is -4.48. The van der Waals surface area contributed by atoms with Gasteiger partial charge >= 0.3 is 12.1 Å². The molecule has 0 N–H and O–H groups in total. The maximum absolute atomic E-state index is 13.2. The van der Waals surface area contributed by atoms with Crippen LogP contribution in [0.25, 0.3) is 10.9 Å². The van der Waals surface area contributed by atoms with Gasteiger partial charge in [-0.05, 0) is 42.3 Å². The first-order valence-electron chi connectivity index (χ1n) is 8.85. The quantitative estimate of drug-likeness (QED) is 0.538. The van der Waals surface area contributed by atoms with Crippen molar-refractivity contribution in [3.05, 3.63) is 64.2 Å². The molecule has 2 aromatic carbocycles. The molecule has 0 saturated heterocycles.